The largest absolute Gasteiger partial charge is 0.454 e. The van der Waals surface area contributed by atoms with Crippen LogP contribution in [0.3, 0.4) is 0 Å². The van der Waals surface area contributed by atoms with Crippen LogP contribution in [-0.2, 0) is 0 Å². The Hall–Kier alpha value is -2.82. The number of nitrogens with zero attached hydrogens (tertiary/aromatic N) is 2. The lowest BCUT2D eigenvalue weighted by Gasteiger charge is -2.05. The van der Waals surface area contributed by atoms with Crippen molar-refractivity contribution in [2.75, 3.05) is 6.79 Å². The molecule has 1 aromatic heterocycles. The minimum absolute atomic E-state index is 0. The number of nitrogens with one attached hydrogen (secondary N) is 1. The van der Waals surface area contributed by atoms with Crippen molar-refractivity contribution >= 4 is 11.4 Å². The zero-order valence-corrected chi connectivity index (χ0v) is 13.1. The van der Waals surface area contributed by atoms with Gasteiger partial charge in [-0.2, -0.15) is 0 Å². The van der Waals surface area contributed by atoms with Crippen molar-refractivity contribution in [2.24, 2.45) is 4.99 Å². The molecule has 5 nitrogen and oxygen atoms in total. The van der Waals surface area contributed by atoms with Crippen LogP contribution in [0.4, 0.5) is 0 Å². The van der Waals surface area contributed by atoms with E-state index in [4.69, 9.17) is 9.47 Å². The van der Waals surface area contributed by atoms with E-state index in [1.807, 2.05) is 38.1 Å². The van der Waals surface area contributed by atoms with E-state index in [0.717, 1.165) is 52.1 Å². The van der Waals surface area contributed by atoms with Gasteiger partial charge in [-0.1, -0.05) is 12.2 Å². The fourth-order valence-electron chi connectivity index (χ4n) is 2.78. The van der Waals surface area contributed by atoms with E-state index in [2.05, 4.69) is 27.1 Å². The van der Waals surface area contributed by atoms with Crippen LogP contribution in [0.1, 0.15) is 26.3 Å². The van der Waals surface area contributed by atoms with Gasteiger partial charge in [0, 0.05) is 12.7 Å². The molecule has 0 spiro atoms. The number of benzene rings is 1. The molecule has 3 heterocycles. The first-order valence-electron chi connectivity index (χ1n) is 7.60. The van der Waals surface area contributed by atoms with Gasteiger partial charge in [-0.15, -0.1) is 0 Å². The monoisotopic (exact) mass is 309 g/mol. The summed E-state index contributed by atoms with van der Waals surface area (Å²) >= 11 is 0. The predicted octanol–water partition coefficient (Wildman–Crippen LogP) is 4.12. The van der Waals surface area contributed by atoms with Gasteiger partial charge >= 0.3 is 0 Å². The van der Waals surface area contributed by atoms with Crippen LogP contribution in [0, 0.1) is 6.92 Å². The van der Waals surface area contributed by atoms with Gasteiger partial charge in [-0.05, 0) is 44.5 Å². The molecule has 0 atom stereocenters. The van der Waals surface area contributed by atoms with Gasteiger partial charge in [0.25, 0.3) is 0 Å². The molecule has 2 aliphatic rings. The van der Waals surface area contributed by atoms with Gasteiger partial charge in [0.2, 0.25) is 6.79 Å². The summed E-state index contributed by atoms with van der Waals surface area (Å²) in [6.07, 6.45) is 7.10. The van der Waals surface area contributed by atoms with Gasteiger partial charge in [0.1, 0.15) is 5.82 Å². The Morgan fingerprint density at radius 2 is 2.04 bits per heavy atom. The van der Waals surface area contributed by atoms with Crippen LogP contribution < -0.4 is 9.47 Å². The number of imidazole rings is 1. The van der Waals surface area contributed by atoms with Crippen LogP contribution >= 0.6 is 0 Å². The predicted molar refractivity (Wildman–Crippen MR) is 91.8 cm³/mol. The zero-order chi connectivity index (χ0) is 15.8. The number of aromatic nitrogens is 2. The lowest BCUT2D eigenvalue weighted by molar-refractivity contribution is 0.174. The van der Waals surface area contributed by atoms with Crippen molar-refractivity contribution in [3.05, 3.63) is 47.9 Å². The number of aliphatic imine (C=N–C) groups is 1. The normalized spacial score (nSPS) is 16.1. The maximum atomic E-state index is 5.48. The molecule has 118 valence electrons. The lowest BCUT2D eigenvalue weighted by atomic mass is 10.1. The average Bonchev–Trinajstić information content (AvgIpc) is 3.09. The van der Waals surface area contributed by atoms with E-state index in [0.29, 0.717) is 0 Å². The summed E-state index contributed by atoms with van der Waals surface area (Å²) in [7, 11) is 0. The maximum Gasteiger partial charge on any atom is 0.231 e. The Labute approximate surface area is 135 Å². The molecule has 0 saturated carbocycles. The van der Waals surface area contributed by atoms with E-state index in [1.54, 1.807) is 0 Å². The van der Waals surface area contributed by atoms with E-state index in [-0.39, 0.29) is 8.22 Å². The van der Waals surface area contributed by atoms with E-state index >= 15 is 0 Å². The summed E-state index contributed by atoms with van der Waals surface area (Å²) in [5.41, 5.74) is 4.70. The number of H-pyrrole nitrogens is 1. The second kappa shape index (κ2) is 5.43. The number of rotatable bonds is 2. The average molecular weight is 309 g/mol. The third-order valence-electron chi connectivity index (χ3n) is 3.83. The molecule has 0 bridgehead atoms. The van der Waals surface area contributed by atoms with Gasteiger partial charge in [-0.3, -0.25) is 4.99 Å². The molecule has 0 amide bonds. The van der Waals surface area contributed by atoms with Crippen LogP contribution in [0.5, 0.6) is 11.5 Å². The second-order valence-electron chi connectivity index (χ2n) is 5.59. The number of allylic oxidation sites excluding steroid dienone is 3. The number of fused-ring (bicyclic) bond motifs is 1. The molecule has 0 aliphatic carbocycles. The summed E-state index contributed by atoms with van der Waals surface area (Å²) in [5.74, 6) is 2.39. The van der Waals surface area contributed by atoms with Crippen molar-refractivity contribution in [1.29, 1.82) is 0 Å². The smallest absolute Gasteiger partial charge is 0.231 e. The zero-order valence-electron chi connectivity index (χ0n) is 13.1. The summed E-state index contributed by atoms with van der Waals surface area (Å²) in [6, 6.07) is 5.88. The Kier molecular flexibility index (Phi) is 3.26. The Morgan fingerprint density at radius 1 is 1.17 bits per heavy atom. The minimum Gasteiger partial charge on any atom is -0.454 e. The van der Waals surface area contributed by atoms with Gasteiger partial charge in [-0.25, -0.2) is 4.98 Å². The molecule has 2 aliphatic heterocycles. The number of aryl methyl sites for hydroxylation is 1. The maximum absolute atomic E-state index is 5.48. The SMILES string of the molecule is CC1=NC(c2[nH]c(C)nc2-c2ccc3c(c2)OCO3)=CCC=C1.[HH]. The van der Waals surface area contributed by atoms with Crippen LogP contribution in [0.2, 0.25) is 0 Å². The first kappa shape index (κ1) is 13.8. The summed E-state index contributed by atoms with van der Waals surface area (Å²) in [6.45, 7) is 4.22. The van der Waals surface area contributed by atoms with E-state index < -0.39 is 0 Å². The fourth-order valence-corrected chi connectivity index (χ4v) is 2.78. The highest BCUT2D eigenvalue weighted by Crippen LogP contribution is 2.37. The van der Waals surface area contributed by atoms with E-state index in [9.17, 15) is 0 Å². The Balaban J connectivity index is 0.00000169. The van der Waals surface area contributed by atoms with Crippen molar-refractivity contribution in [1.82, 2.24) is 9.97 Å². The van der Waals surface area contributed by atoms with Gasteiger partial charge < -0.3 is 14.5 Å². The number of hydrogen-bond acceptors (Lipinski definition) is 4. The number of hydrogen-bond donors (Lipinski definition) is 1. The molecule has 0 radical (unpaired) electrons. The highest BCUT2D eigenvalue weighted by atomic mass is 16.7. The molecular formula is C18H19N3O2. The van der Waals surface area contributed by atoms with Crippen molar-refractivity contribution in [3.63, 3.8) is 0 Å². The molecule has 5 heteroatoms. The minimum atomic E-state index is 0. The highest BCUT2D eigenvalue weighted by Gasteiger charge is 2.19. The molecule has 0 fully saturated rings. The molecule has 23 heavy (non-hydrogen) atoms. The standard InChI is InChI=1S/C18H17N3O2.H2/c1-11-5-3-4-6-14(19-11)18-17(20-12(2)21-18)13-7-8-15-16(9-13)23-10-22-15;/h3,5-9H,4,10H2,1-2H3,(H,20,21);1H. The third kappa shape index (κ3) is 2.54. The summed E-state index contributed by atoms with van der Waals surface area (Å²) in [4.78, 5) is 12.7. The Bertz CT molecular complexity index is 865. The van der Waals surface area contributed by atoms with Crippen molar-refractivity contribution in [2.45, 2.75) is 20.3 Å². The molecule has 1 aromatic carbocycles. The topological polar surface area (TPSA) is 59.5 Å². The number of ether oxygens (including phenoxy) is 2. The molecule has 0 saturated heterocycles. The van der Waals surface area contributed by atoms with Crippen molar-refractivity contribution < 1.29 is 10.9 Å². The third-order valence-corrected chi connectivity index (χ3v) is 3.83. The van der Waals surface area contributed by atoms with Crippen molar-refractivity contribution in [3.8, 4) is 22.8 Å². The first-order chi connectivity index (χ1) is 11.2. The van der Waals surface area contributed by atoms with E-state index in [1.165, 1.54) is 0 Å². The quantitative estimate of drug-likeness (QED) is 0.907. The molecule has 1 N–H and O–H groups in total. The number of aromatic amines is 1. The Morgan fingerprint density at radius 3 is 2.96 bits per heavy atom. The fraction of sp³-hybridized carbons (Fsp3) is 0.222. The first-order valence-corrected chi connectivity index (χ1v) is 7.60. The molecule has 0 unspecified atom stereocenters. The molecule has 4 rings (SSSR count). The van der Waals surface area contributed by atoms with Crippen LogP contribution in [0.15, 0.2) is 41.4 Å². The van der Waals surface area contributed by atoms with Crippen LogP contribution in [0.25, 0.3) is 17.0 Å². The highest BCUT2D eigenvalue weighted by molar-refractivity contribution is 5.97. The second-order valence-corrected chi connectivity index (χ2v) is 5.59. The van der Waals surface area contributed by atoms with Gasteiger partial charge in [0.05, 0.1) is 17.1 Å². The van der Waals surface area contributed by atoms with Crippen LogP contribution in [-0.4, -0.2) is 22.5 Å². The molecular weight excluding hydrogens is 290 g/mol. The summed E-state index contributed by atoms with van der Waals surface area (Å²) in [5, 5.41) is 0. The summed E-state index contributed by atoms with van der Waals surface area (Å²) < 4.78 is 10.9. The molecule has 2 aromatic rings. The van der Waals surface area contributed by atoms with Gasteiger partial charge in [0.15, 0.2) is 11.5 Å². The lowest BCUT2D eigenvalue weighted by Crippen LogP contribution is -1.93.